The van der Waals surface area contributed by atoms with Gasteiger partial charge in [0.25, 0.3) is 0 Å². The lowest BCUT2D eigenvalue weighted by molar-refractivity contribution is -0.627. The van der Waals surface area contributed by atoms with Gasteiger partial charge in [0.1, 0.15) is 18.9 Å². The van der Waals surface area contributed by atoms with Crippen LogP contribution >= 0.6 is 0 Å². The molecular weight excluding hydrogens is 150 g/mol. The lowest BCUT2D eigenvalue weighted by Crippen LogP contribution is -2.80. The molecule has 12 heavy (non-hydrogen) atoms. The summed E-state index contributed by atoms with van der Waals surface area (Å²) in [4.78, 5) is 0. The van der Waals surface area contributed by atoms with E-state index in [9.17, 15) is 0 Å². The molecule has 0 aliphatic rings. The van der Waals surface area contributed by atoms with E-state index in [-0.39, 0.29) is 0 Å². The Morgan fingerprint density at radius 1 is 1.33 bits per heavy atom. The summed E-state index contributed by atoms with van der Waals surface area (Å²) in [5.74, 6) is 0.999. The topological polar surface area (TPSA) is 25.8 Å². The Labute approximate surface area is 73.6 Å². The van der Waals surface area contributed by atoms with Gasteiger partial charge in [0, 0.05) is 0 Å². The third-order valence-electron chi connectivity index (χ3n) is 1.76. The molecule has 1 rings (SSSR count). The summed E-state index contributed by atoms with van der Waals surface area (Å²) in [5.41, 5.74) is 1.20. The molecule has 2 heteroatoms. The predicted octanol–water partition coefficient (Wildman–Crippen LogP) is 0.567. The van der Waals surface area contributed by atoms with Gasteiger partial charge >= 0.3 is 0 Å². The highest BCUT2D eigenvalue weighted by Gasteiger charge is 1.96. The van der Waals surface area contributed by atoms with Gasteiger partial charge in [0.2, 0.25) is 0 Å². The highest BCUT2D eigenvalue weighted by Crippen LogP contribution is 2.15. The SMILES string of the molecule is C[NH2+]CCOc1ccccc1C. The molecule has 1 aromatic rings. The van der Waals surface area contributed by atoms with Gasteiger partial charge < -0.3 is 10.1 Å². The molecule has 1 aromatic carbocycles. The minimum Gasteiger partial charge on any atom is -0.487 e. The smallest absolute Gasteiger partial charge is 0.137 e. The minimum atomic E-state index is 0.779. The second kappa shape index (κ2) is 4.78. The van der Waals surface area contributed by atoms with Crippen molar-refractivity contribution >= 4 is 0 Å². The van der Waals surface area contributed by atoms with E-state index < -0.39 is 0 Å². The van der Waals surface area contributed by atoms with Crippen LogP contribution in [0.2, 0.25) is 0 Å². The standard InChI is InChI=1S/C10H15NO/c1-9-5-3-4-6-10(9)12-8-7-11-2/h3-6,11H,7-8H2,1-2H3/p+1. The highest BCUT2D eigenvalue weighted by molar-refractivity contribution is 5.31. The molecule has 2 nitrogen and oxygen atoms in total. The van der Waals surface area contributed by atoms with Crippen molar-refractivity contribution in [2.45, 2.75) is 6.92 Å². The Morgan fingerprint density at radius 3 is 2.75 bits per heavy atom. The number of benzene rings is 1. The van der Waals surface area contributed by atoms with E-state index in [1.54, 1.807) is 0 Å². The minimum absolute atomic E-state index is 0.779. The number of hydrogen-bond acceptors (Lipinski definition) is 1. The molecular formula is C10H16NO+. The first-order chi connectivity index (χ1) is 5.84. The maximum absolute atomic E-state index is 5.55. The number of ether oxygens (including phenoxy) is 1. The summed E-state index contributed by atoms with van der Waals surface area (Å²) in [6, 6.07) is 8.09. The van der Waals surface area contributed by atoms with Crippen molar-refractivity contribution in [2.24, 2.45) is 0 Å². The molecule has 0 aliphatic heterocycles. The first-order valence-corrected chi connectivity index (χ1v) is 4.31. The molecule has 0 heterocycles. The van der Waals surface area contributed by atoms with Gasteiger partial charge in [-0.15, -0.1) is 0 Å². The first-order valence-electron chi connectivity index (χ1n) is 4.31. The summed E-state index contributed by atoms with van der Waals surface area (Å²) < 4.78 is 5.55. The quantitative estimate of drug-likeness (QED) is 0.650. The first kappa shape index (κ1) is 9.07. The van der Waals surface area contributed by atoms with Gasteiger partial charge in [-0.05, 0) is 18.6 Å². The third-order valence-corrected chi connectivity index (χ3v) is 1.76. The molecule has 0 saturated carbocycles. The van der Waals surface area contributed by atoms with Gasteiger partial charge in [-0.2, -0.15) is 0 Å². The van der Waals surface area contributed by atoms with Crippen LogP contribution in [0.4, 0.5) is 0 Å². The zero-order valence-corrected chi connectivity index (χ0v) is 7.71. The number of rotatable bonds is 4. The monoisotopic (exact) mass is 166 g/mol. The summed E-state index contributed by atoms with van der Waals surface area (Å²) in [6.07, 6.45) is 0. The predicted molar refractivity (Wildman–Crippen MR) is 49.4 cm³/mol. The Bertz CT molecular complexity index is 235. The van der Waals surface area contributed by atoms with Gasteiger partial charge in [0.15, 0.2) is 0 Å². The molecule has 0 bridgehead atoms. The molecule has 0 saturated heterocycles. The van der Waals surface area contributed by atoms with Crippen LogP contribution in [0.5, 0.6) is 5.75 Å². The highest BCUT2D eigenvalue weighted by atomic mass is 16.5. The van der Waals surface area contributed by atoms with Crippen LogP contribution in [-0.2, 0) is 0 Å². The van der Waals surface area contributed by atoms with Gasteiger partial charge in [-0.3, -0.25) is 0 Å². The molecule has 0 aliphatic carbocycles. The van der Waals surface area contributed by atoms with E-state index in [4.69, 9.17) is 4.74 Å². The van der Waals surface area contributed by atoms with Gasteiger partial charge in [0.05, 0.1) is 7.05 Å². The Hall–Kier alpha value is -1.02. The van der Waals surface area contributed by atoms with Crippen molar-refractivity contribution in [1.29, 1.82) is 0 Å². The molecule has 0 fully saturated rings. The van der Waals surface area contributed by atoms with Crippen LogP contribution in [-0.4, -0.2) is 20.2 Å². The maximum Gasteiger partial charge on any atom is 0.137 e. The van der Waals surface area contributed by atoms with Crippen LogP contribution in [0.25, 0.3) is 0 Å². The van der Waals surface area contributed by atoms with Crippen molar-refractivity contribution in [3.8, 4) is 5.75 Å². The second-order valence-electron chi connectivity index (χ2n) is 2.81. The van der Waals surface area contributed by atoms with Crippen LogP contribution in [0.15, 0.2) is 24.3 Å². The number of likely N-dealkylation sites (N-methyl/N-ethyl adjacent to an activating group) is 1. The lowest BCUT2D eigenvalue weighted by Gasteiger charge is -2.06. The Balaban J connectivity index is 2.46. The second-order valence-corrected chi connectivity index (χ2v) is 2.81. The van der Waals surface area contributed by atoms with Crippen LogP contribution in [0.1, 0.15) is 5.56 Å². The van der Waals surface area contributed by atoms with E-state index in [1.165, 1.54) is 5.56 Å². The summed E-state index contributed by atoms with van der Waals surface area (Å²) in [6.45, 7) is 3.85. The van der Waals surface area contributed by atoms with Crippen molar-refractivity contribution in [3.63, 3.8) is 0 Å². The molecule has 0 atom stereocenters. The molecule has 0 spiro atoms. The van der Waals surface area contributed by atoms with Crippen molar-refractivity contribution in [2.75, 3.05) is 20.2 Å². The van der Waals surface area contributed by atoms with Crippen molar-refractivity contribution in [1.82, 2.24) is 0 Å². The fourth-order valence-electron chi connectivity index (χ4n) is 1.01. The largest absolute Gasteiger partial charge is 0.487 e. The van der Waals surface area contributed by atoms with E-state index in [1.807, 2.05) is 25.2 Å². The lowest BCUT2D eigenvalue weighted by atomic mass is 10.2. The number of aryl methyl sites for hydroxylation is 1. The fraction of sp³-hybridized carbons (Fsp3) is 0.400. The zero-order chi connectivity index (χ0) is 8.81. The molecule has 2 N–H and O–H groups in total. The van der Waals surface area contributed by atoms with E-state index in [0.717, 1.165) is 18.9 Å². The Kier molecular flexibility index (Phi) is 3.61. The molecule has 0 radical (unpaired) electrons. The van der Waals surface area contributed by atoms with Crippen LogP contribution < -0.4 is 10.1 Å². The van der Waals surface area contributed by atoms with Crippen molar-refractivity contribution < 1.29 is 10.1 Å². The van der Waals surface area contributed by atoms with Gasteiger partial charge in [-0.1, -0.05) is 18.2 Å². The number of quaternary nitrogens is 1. The Morgan fingerprint density at radius 2 is 2.08 bits per heavy atom. The molecule has 66 valence electrons. The summed E-state index contributed by atoms with van der Waals surface area (Å²) in [5, 5.41) is 2.11. The number of hydrogen-bond donors (Lipinski definition) is 1. The van der Waals surface area contributed by atoms with Crippen LogP contribution in [0.3, 0.4) is 0 Å². The number of nitrogens with two attached hydrogens (primary N) is 1. The fourth-order valence-corrected chi connectivity index (χ4v) is 1.01. The zero-order valence-electron chi connectivity index (χ0n) is 7.71. The van der Waals surface area contributed by atoms with E-state index in [0.29, 0.717) is 0 Å². The average Bonchev–Trinajstić information content (AvgIpc) is 2.09. The van der Waals surface area contributed by atoms with Crippen LogP contribution in [0, 0.1) is 6.92 Å². The average molecular weight is 166 g/mol. The normalized spacial score (nSPS) is 9.83. The number of para-hydroxylation sites is 1. The van der Waals surface area contributed by atoms with Gasteiger partial charge in [-0.25, -0.2) is 0 Å². The van der Waals surface area contributed by atoms with E-state index >= 15 is 0 Å². The summed E-state index contributed by atoms with van der Waals surface area (Å²) >= 11 is 0. The van der Waals surface area contributed by atoms with Crippen molar-refractivity contribution in [3.05, 3.63) is 29.8 Å². The molecule has 0 amide bonds. The molecule has 0 unspecified atom stereocenters. The summed E-state index contributed by atoms with van der Waals surface area (Å²) in [7, 11) is 2.04. The third kappa shape index (κ3) is 2.55. The maximum atomic E-state index is 5.55. The van der Waals surface area contributed by atoms with E-state index in [2.05, 4.69) is 18.3 Å². The molecule has 0 aromatic heterocycles.